The average Bonchev–Trinajstić information content (AvgIpc) is 3.29. The van der Waals surface area contributed by atoms with E-state index in [1.165, 1.54) is 6.07 Å². The van der Waals surface area contributed by atoms with Gasteiger partial charge in [-0.05, 0) is 61.7 Å². The van der Waals surface area contributed by atoms with E-state index in [9.17, 15) is 8.42 Å². The highest BCUT2D eigenvalue weighted by atomic mass is 35.5. The van der Waals surface area contributed by atoms with Gasteiger partial charge in [-0.1, -0.05) is 18.5 Å². The van der Waals surface area contributed by atoms with Gasteiger partial charge in [0.05, 0.1) is 34.9 Å². The summed E-state index contributed by atoms with van der Waals surface area (Å²) >= 11 is 6.00. The number of rotatable bonds is 9. The summed E-state index contributed by atoms with van der Waals surface area (Å²) in [5.41, 5.74) is 2.79. The van der Waals surface area contributed by atoms with Crippen molar-refractivity contribution in [2.45, 2.75) is 44.1 Å². The summed E-state index contributed by atoms with van der Waals surface area (Å²) < 4.78 is 30.6. The molecule has 1 aliphatic rings. The maximum Gasteiger partial charge on any atom is 0.180 e. The zero-order valence-corrected chi connectivity index (χ0v) is 19.9. The minimum absolute atomic E-state index is 0.0488. The topological polar surface area (TPSA) is 95.1 Å². The lowest BCUT2D eigenvalue weighted by Crippen LogP contribution is -2.33. The molecule has 1 fully saturated rings. The number of nitriles is 1. The molecule has 1 aliphatic heterocycles. The normalized spacial score (nSPS) is 16.4. The van der Waals surface area contributed by atoms with Gasteiger partial charge >= 0.3 is 0 Å². The van der Waals surface area contributed by atoms with Gasteiger partial charge < -0.3 is 9.64 Å². The first-order valence-electron chi connectivity index (χ1n) is 10.6. The number of aryl methyl sites for hydroxylation is 1. The molecule has 0 aromatic heterocycles. The molecule has 0 N–H and O–H groups in total. The van der Waals surface area contributed by atoms with E-state index in [2.05, 4.69) is 21.2 Å². The van der Waals surface area contributed by atoms with Gasteiger partial charge in [0.25, 0.3) is 0 Å². The Labute approximate surface area is 194 Å². The SMILES string of the molecule is CCS(=O)(=O)c1cc(Cl)ccc1N=Nc1ccc(N(CCC#N)CC2CCCO2)cc1C. The molecule has 0 spiro atoms. The van der Waals surface area contributed by atoms with Crippen LogP contribution in [0.25, 0.3) is 0 Å². The zero-order valence-electron chi connectivity index (χ0n) is 18.3. The summed E-state index contributed by atoms with van der Waals surface area (Å²) in [5.74, 6) is -0.0488. The molecule has 1 atom stereocenters. The second-order valence-electron chi connectivity index (χ2n) is 7.68. The number of hydrogen-bond donors (Lipinski definition) is 0. The molecule has 170 valence electrons. The van der Waals surface area contributed by atoms with Crippen LogP contribution in [0, 0.1) is 18.3 Å². The van der Waals surface area contributed by atoms with Crippen LogP contribution >= 0.6 is 11.6 Å². The highest BCUT2D eigenvalue weighted by Crippen LogP contribution is 2.32. The summed E-state index contributed by atoms with van der Waals surface area (Å²) in [6, 6.07) is 12.6. The van der Waals surface area contributed by atoms with Crippen molar-refractivity contribution in [1.82, 2.24) is 0 Å². The number of sulfone groups is 1. The van der Waals surface area contributed by atoms with Crippen molar-refractivity contribution in [3.8, 4) is 6.07 Å². The van der Waals surface area contributed by atoms with Gasteiger partial charge in [-0.25, -0.2) is 8.42 Å². The van der Waals surface area contributed by atoms with Crippen molar-refractivity contribution < 1.29 is 13.2 Å². The van der Waals surface area contributed by atoms with E-state index in [1.54, 1.807) is 19.1 Å². The quantitative estimate of drug-likeness (QED) is 0.431. The molecule has 0 aliphatic carbocycles. The molecular weight excluding hydrogens is 448 g/mol. The molecule has 0 saturated carbocycles. The van der Waals surface area contributed by atoms with Gasteiger partial charge in [0.2, 0.25) is 0 Å². The van der Waals surface area contributed by atoms with Crippen LogP contribution in [0.2, 0.25) is 5.02 Å². The first kappa shape index (κ1) is 24.2. The molecule has 7 nitrogen and oxygen atoms in total. The van der Waals surface area contributed by atoms with E-state index in [4.69, 9.17) is 21.6 Å². The number of hydrogen-bond acceptors (Lipinski definition) is 7. The molecule has 3 rings (SSSR count). The van der Waals surface area contributed by atoms with Crippen molar-refractivity contribution in [2.75, 3.05) is 30.3 Å². The summed E-state index contributed by atoms with van der Waals surface area (Å²) in [7, 11) is -3.49. The Hall–Kier alpha value is -2.47. The lowest BCUT2D eigenvalue weighted by atomic mass is 10.1. The van der Waals surface area contributed by atoms with Gasteiger partial charge in [0.1, 0.15) is 5.69 Å². The van der Waals surface area contributed by atoms with E-state index < -0.39 is 9.84 Å². The zero-order chi connectivity index (χ0) is 23.1. The van der Waals surface area contributed by atoms with Crippen molar-refractivity contribution in [1.29, 1.82) is 5.26 Å². The number of benzene rings is 2. The highest BCUT2D eigenvalue weighted by molar-refractivity contribution is 7.91. The smallest absolute Gasteiger partial charge is 0.180 e. The van der Waals surface area contributed by atoms with Gasteiger partial charge in [-0.3, -0.25) is 0 Å². The monoisotopic (exact) mass is 474 g/mol. The lowest BCUT2D eigenvalue weighted by molar-refractivity contribution is 0.115. The van der Waals surface area contributed by atoms with Crippen LogP contribution in [-0.4, -0.2) is 40.0 Å². The van der Waals surface area contributed by atoms with E-state index >= 15 is 0 Å². The maximum absolute atomic E-state index is 12.4. The van der Waals surface area contributed by atoms with Gasteiger partial charge in [0, 0.05) is 30.4 Å². The predicted octanol–water partition coefficient (Wildman–Crippen LogP) is 5.76. The third kappa shape index (κ3) is 6.06. The molecule has 0 radical (unpaired) electrons. The molecule has 2 aromatic rings. The molecule has 0 amide bonds. The number of ether oxygens (including phenoxy) is 1. The Morgan fingerprint density at radius 3 is 2.62 bits per heavy atom. The predicted molar refractivity (Wildman–Crippen MR) is 126 cm³/mol. The Balaban J connectivity index is 1.85. The molecule has 1 saturated heterocycles. The van der Waals surface area contributed by atoms with Crippen molar-refractivity contribution in [3.63, 3.8) is 0 Å². The number of nitrogens with zero attached hydrogens (tertiary/aromatic N) is 4. The second-order valence-corrected chi connectivity index (χ2v) is 10.4. The fraction of sp³-hybridized carbons (Fsp3) is 0.435. The Morgan fingerprint density at radius 1 is 1.22 bits per heavy atom. The largest absolute Gasteiger partial charge is 0.376 e. The number of halogens is 1. The van der Waals surface area contributed by atoms with Crippen molar-refractivity contribution in [2.24, 2.45) is 10.2 Å². The minimum atomic E-state index is -3.49. The third-order valence-corrected chi connectivity index (χ3v) is 7.38. The average molecular weight is 475 g/mol. The summed E-state index contributed by atoms with van der Waals surface area (Å²) in [5, 5.41) is 17.9. The first-order chi connectivity index (χ1) is 15.3. The Morgan fingerprint density at radius 2 is 1.97 bits per heavy atom. The fourth-order valence-electron chi connectivity index (χ4n) is 3.58. The fourth-order valence-corrected chi connectivity index (χ4v) is 4.86. The van der Waals surface area contributed by atoms with Crippen LogP contribution in [0.15, 0.2) is 51.5 Å². The van der Waals surface area contributed by atoms with Crippen LogP contribution in [0.5, 0.6) is 0 Å². The Kier molecular flexibility index (Phi) is 8.24. The summed E-state index contributed by atoms with van der Waals surface area (Å²) in [6.07, 6.45) is 2.70. The second kappa shape index (κ2) is 10.9. The Bertz CT molecular complexity index is 1120. The van der Waals surface area contributed by atoms with Crippen LogP contribution in [0.4, 0.5) is 17.1 Å². The van der Waals surface area contributed by atoms with Crippen LogP contribution in [0.1, 0.15) is 31.7 Å². The minimum Gasteiger partial charge on any atom is -0.376 e. The van der Waals surface area contributed by atoms with Crippen LogP contribution < -0.4 is 4.90 Å². The molecule has 1 unspecified atom stereocenters. The van der Waals surface area contributed by atoms with E-state index in [0.717, 1.165) is 37.2 Å². The molecule has 0 bridgehead atoms. The summed E-state index contributed by atoms with van der Waals surface area (Å²) in [4.78, 5) is 2.24. The molecule has 2 aromatic carbocycles. The maximum atomic E-state index is 12.4. The van der Waals surface area contributed by atoms with Gasteiger partial charge in [-0.15, -0.1) is 5.11 Å². The van der Waals surface area contributed by atoms with Crippen LogP contribution in [0.3, 0.4) is 0 Å². The van der Waals surface area contributed by atoms with Crippen LogP contribution in [-0.2, 0) is 14.6 Å². The number of anilines is 1. The van der Waals surface area contributed by atoms with Gasteiger partial charge in [0.15, 0.2) is 9.84 Å². The van der Waals surface area contributed by atoms with Crippen molar-refractivity contribution in [3.05, 3.63) is 47.0 Å². The standard InChI is InChI=1S/C23H27ClN4O3S/c1-3-32(29,30)23-15-18(24)7-9-22(23)27-26-21-10-8-19(14-17(21)2)28(12-5-11-25)16-20-6-4-13-31-20/h7-10,14-15,20H,3-6,12-13,16H2,1-2H3. The molecule has 32 heavy (non-hydrogen) atoms. The van der Waals surface area contributed by atoms with Crippen molar-refractivity contribution >= 4 is 38.5 Å². The molecule has 9 heteroatoms. The first-order valence-corrected chi connectivity index (χ1v) is 12.6. The van der Waals surface area contributed by atoms with E-state index in [0.29, 0.717) is 23.7 Å². The number of azo groups is 1. The summed E-state index contributed by atoms with van der Waals surface area (Å²) in [6.45, 7) is 5.66. The third-order valence-electron chi connectivity index (χ3n) is 5.39. The van der Waals surface area contributed by atoms with E-state index in [1.807, 2.05) is 25.1 Å². The van der Waals surface area contributed by atoms with E-state index in [-0.39, 0.29) is 22.4 Å². The molecule has 1 heterocycles. The van der Waals surface area contributed by atoms with Gasteiger partial charge in [-0.2, -0.15) is 10.4 Å². The lowest BCUT2D eigenvalue weighted by Gasteiger charge is -2.27. The molecular formula is C23H27ClN4O3S. The highest BCUT2D eigenvalue weighted by Gasteiger charge is 2.20.